The van der Waals surface area contributed by atoms with Crippen molar-refractivity contribution in [3.63, 3.8) is 0 Å². The second kappa shape index (κ2) is 36.4. The molecule has 0 aliphatic heterocycles. The monoisotopic (exact) mass is 990 g/mol. The molecule has 354 valence electrons. The molecule has 10 nitrogen and oxygen atoms in total. The Labute approximate surface area is 384 Å². The standard InChI is InChI=1S/C41H86O10P4S4/c1-19-43-41(42)20-21-56-52(44-33(10)11)49-38(16)26-59-55(50-39(17)27-57-53(45-34(12)22-29(2)3)46-35(13)23-30(4)5)51-40(18)28-58-54(47-36(14)24-31(6)7)48-37(15)25-32(8)9/h29-40H,19-28H2,1-18H3. The molecule has 0 aliphatic carbocycles. The SMILES string of the molecule is CCOC(=O)CCSP(OC(C)C)OC(C)CSP(OC(C)CSP(OC(C)CC(C)C)OC(C)CC(C)C)OC(C)CSP(OC(C)CC(C)C)OC(C)CC(C)C. The Hall–Kier alpha value is 2.27. The first-order valence-electron chi connectivity index (χ1n) is 21.8. The maximum Gasteiger partial charge on any atom is 0.306 e. The average molecular weight is 991 g/mol. The van der Waals surface area contributed by atoms with E-state index in [0.717, 1.165) is 25.7 Å². The third-order valence-corrected chi connectivity index (χ3v) is 21.3. The highest BCUT2D eigenvalue weighted by Gasteiger charge is 2.28. The van der Waals surface area contributed by atoms with Gasteiger partial charge in [0.1, 0.15) is 0 Å². The largest absolute Gasteiger partial charge is 0.466 e. The minimum Gasteiger partial charge on any atom is -0.466 e. The number of carbonyl (C=O) groups is 1. The Morgan fingerprint density at radius 1 is 0.407 bits per heavy atom. The van der Waals surface area contributed by atoms with Crippen LogP contribution in [0.25, 0.3) is 0 Å². The van der Waals surface area contributed by atoms with Crippen molar-refractivity contribution in [2.24, 2.45) is 23.7 Å². The van der Waals surface area contributed by atoms with Crippen molar-refractivity contribution in [3.05, 3.63) is 0 Å². The molecule has 0 aromatic carbocycles. The molecule has 0 amide bonds. The molecular weight excluding hydrogens is 905 g/mol. The first-order valence-corrected chi connectivity index (χ1v) is 32.9. The van der Waals surface area contributed by atoms with E-state index in [-0.39, 0.29) is 54.8 Å². The van der Waals surface area contributed by atoms with Crippen LogP contribution in [0.2, 0.25) is 0 Å². The lowest BCUT2D eigenvalue weighted by atomic mass is 10.1. The van der Waals surface area contributed by atoms with Gasteiger partial charge in [0.05, 0.1) is 61.9 Å². The molecule has 0 heterocycles. The quantitative estimate of drug-likeness (QED) is 0.0433. The van der Waals surface area contributed by atoms with Crippen molar-refractivity contribution in [2.45, 2.75) is 206 Å². The fraction of sp³-hybridized carbons (Fsp3) is 0.976. The van der Waals surface area contributed by atoms with Crippen molar-refractivity contribution in [1.29, 1.82) is 0 Å². The molecule has 0 aromatic heterocycles. The van der Waals surface area contributed by atoms with E-state index in [4.69, 9.17) is 40.9 Å². The summed E-state index contributed by atoms with van der Waals surface area (Å²) in [5, 5.41) is 0. The van der Waals surface area contributed by atoms with Gasteiger partial charge in [-0.3, -0.25) is 4.79 Å². The number of carbonyl (C=O) groups excluding carboxylic acids is 1. The minimum atomic E-state index is -1.35. The van der Waals surface area contributed by atoms with Crippen molar-refractivity contribution in [2.75, 3.05) is 29.6 Å². The molecular formula is C41H86O10P4S4. The van der Waals surface area contributed by atoms with Crippen LogP contribution in [0.3, 0.4) is 0 Å². The number of esters is 1. The lowest BCUT2D eigenvalue weighted by molar-refractivity contribution is -0.142. The molecule has 0 spiro atoms. The Bertz CT molecular complexity index is 941. The smallest absolute Gasteiger partial charge is 0.306 e. The number of hydrogen-bond acceptors (Lipinski definition) is 14. The molecule has 8 unspecified atom stereocenters. The fourth-order valence-electron chi connectivity index (χ4n) is 5.40. The van der Waals surface area contributed by atoms with Crippen LogP contribution in [0.4, 0.5) is 0 Å². The summed E-state index contributed by atoms with van der Waals surface area (Å²) in [4.78, 5) is 12.0. The van der Waals surface area contributed by atoms with Gasteiger partial charge < -0.3 is 40.9 Å². The van der Waals surface area contributed by atoms with Crippen LogP contribution >= 0.6 is 75.8 Å². The van der Waals surface area contributed by atoms with E-state index >= 15 is 0 Å². The summed E-state index contributed by atoms with van der Waals surface area (Å²) >= 11 is 6.63. The third kappa shape index (κ3) is 37.1. The van der Waals surface area contributed by atoms with Crippen LogP contribution in [0.1, 0.15) is 157 Å². The van der Waals surface area contributed by atoms with Crippen molar-refractivity contribution in [3.8, 4) is 0 Å². The zero-order chi connectivity index (χ0) is 45.1. The summed E-state index contributed by atoms with van der Waals surface area (Å²) in [6.07, 6.45) is 4.36. The number of ether oxygens (including phenoxy) is 1. The Morgan fingerprint density at radius 3 is 0.932 bits per heavy atom. The fourth-order valence-corrected chi connectivity index (χ4v) is 19.7. The molecule has 0 rings (SSSR count). The highest BCUT2D eigenvalue weighted by atomic mass is 32.7. The van der Waals surface area contributed by atoms with Crippen LogP contribution < -0.4 is 0 Å². The highest BCUT2D eigenvalue weighted by Crippen LogP contribution is 2.60. The summed E-state index contributed by atoms with van der Waals surface area (Å²) < 4.78 is 57.3. The Balaban J connectivity index is 5.94. The molecule has 18 heteroatoms. The van der Waals surface area contributed by atoms with Crippen LogP contribution in [-0.2, 0) is 45.7 Å². The maximum absolute atomic E-state index is 12.0. The number of rotatable bonds is 38. The van der Waals surface area contributed by atoms with E-state index < -0.39 is 30.3 Å². The van der Waals surface area contributed by atoms with E-state index in [1.807, 2.05) is 20.8 Å². The van der Waals surface area contributed by atoms with Crippen molar-refractivity contribution in [1.82, 2.24) is 0 Å². The molecule has 0 fully saturated rings. The van der Waals surface area contributed by atoms with Crippen LogP contribution in [0.5, 0.6) is 0 Å². The average Bonchev–Trinajstić information content (AvgIpc) is 3.06. The lowest BCUT2D eigenvalue weighted by Crippen LogP contribution is -2.16. The van der Waals surface area contributed by atoms with Crippen LogP contribution in [0, 0.1) is 23.7 Å². The van der Waals surface area contributed by atoms with Gasteiger partial charge in [-0.05, 0) is 119 Å². The maximum atomic E-state index is 12.0. The van der Waals surface area contributed by atoms with Crippen LogP contribution in [0.15, 0.2) is 0 Å². The van der Waals surface area contributed by atoms with Gasteiger partial charge in [0.25, 0.3) is 0 Å². The van der Waals surface area contributed by atoms with Crippen molar-refractivity contribution < 1.29 is 45.7 Å². The van der Waals surface area contributed by atoms with E-state index in [1.165, 1.54) is 11.4 Å². The van der Waals surface area contributed by atoms with Gasteiger partial charge in [-0.15, -0.1) is 0 Å². The zero-order valence-electron chi connectivity index (χ0n) is 40.0. The third-order valence-electron chi connectivity index (χ3n) is 7.42. The van der Waals surface area contributed by atoms with Gasteiger partial charge in [0.2, 0.25) is 30.3 Å². The van der Waals surface area contributed by atoms with Crippen LogP contribution in [-0.4, -0.2) is 84.4 Å². The first-order chi connectivity index (χ1) is 27.6. The Morgan fingerprint density at radius 2 is 0.678 bits per heavy atom. The number of hydrogen-bond donors (Lipinski definition) is 0. The molecule has 0 aliphatic rings. The van der Waals surface area contributed by atoms with E-state index in [9.17, 15) is 4.79 Å². The summed E-state index contributed by atoms with van der Waals surface area (Å²) in [5.41, 5.74) is 0. The topological polar surface area (TPSA) is 100 Å². The highest BCUT2D eigenvalue weighted by molar-refractivity contribution is 8.54. The molecule has 0 N–H and O–H groups in total. The summed E-state index contributed by atoms with van der Waals surface area (Å²) in [6, 6.07) is 0. The van der Waals surface area contributed by atoms with Gasteiger partial charge in [-0.2, -0.15) is 0 Å². The molecule has 8 atom stereocenters. The predicted octanol–water partition coefficient (Wildman–Crippen LogP) is 16.2. The Kier molecular flexibility index (Phi) is 37.8. The van der Waals surface area contributed by atoms with Gasteiger partial charge >= 0.3 is 5.97 Å². The second-order valence-corrected chi connectivity index (χ2v) is 29.8. The zero-order valence-corrected chi connectivity index (χ0v) is 46.8. The molecule has 0 bridgehead atoms. The van der Waals surface area contributed by atoms with Gasteiger partial charge in [-0.25, -0.2) is 0 Å². The van der Waals surface area contributed by atoms with E-state index in [2.05, 4.69) is 104 Å². The molecule has 0 radical (unpaired) electrons. The molecule has 0 aromatic rings. The normalized spacial score (nSPS) is 18.2. The first kappa shape index (κ1) is 61.3. The lowest BCUT2D eigenvalue weighted by Gasteiger charge is -2.29. The van der Waals surface area contributed by atoms with Gasteiger partial charge in [0.15, 0.2) is 0 Å². The molecule has 0 saturated heterocycles. The molecule has 59 heavy (non-hydrogen) atoms. The minimum absolute atomic E-state index is 0.00289. The van der Waals surface area contributed by atoms with Gasteiger partial charge in [-0.1, -0.05) is 101 Å². The van der Waals surface area contributed by atoms with E-state index in [0.29, 0.717) is 59.7 Å². The predicted molar refractivity (Wildman–Crippen MR) is 267 cm³/mol. The molecule has 0 saturated carbocycles. The van der Waals surface area contributed by atoms with Crippen molar-refractivity contribution >= 4 is 81.8 Å². The van der Waals surface area contributed by atoms with Gasteiger partial charge in [0, 0.05) is 23.0 Å². The summed E-state index contributed by atoms with van der Waals surface area (Å²) in [6.45, 7) is 38.9. The second-order valence-electron chi connectivity index (χ2n) is 17.3. The summed E-state index contributed by atoms with van der Waals surface area (Å²) in [7, 11) is -4.93. The van der Waals surface area contributed by atoms with E-state index in [1.54, 1.807) is 34.1 Å². The summed E-state index contributed by atoms with van der Waals surface area (Å²) in [5.74, 6) is 4.64.